The molecule has 0 unspecified atom stereocenters. The number of nitrogens with zero attached hydrogens (tertiary/aromatic N) is 1. The highest BCUT2D eigenvalue weighted by molar-refractivity contribution is 4.78. The lowest BCUT2D eigenvalue weighted by Gasteiger charge is -2.37. The maximum atomic E-state index is 5.95. The Hall–Kier alpha value is -0.0800. The van der Waals surface area contributed by atoms with Crippen molar-refractivity contribution in [3.8, 4) is 0 Å². The molecule has 0 aromatic rings. The zero-order valence-electron chi connectivity index (χ0n) is 12.2. The Kier molecular flexibility index (Phi) is 7.14. The van der Waals surface area contributed by atoms with Crippen molar-refractivity contribution in [2.75, 3.05) is 19.7 Å². The Bertz CT molecular complexity index is 185. The van der Waals surface area contributed by atoms with Gasteiger partial charge in [-0.3, -0.25) is 0 Å². The molecule has 0 aromatic carbocycles. The summed E-state index contributed by atoms with van der Waals surface area (Å²) in [6.07, 6.45) is 6.81. The molecule has 17 heavy (non-hydrogen) atoms. The molecule has 0 aromatic heterocycles. The molecule has 1 aliphatic heterocycles. The van der Waals surface area contributed by atoms with Gasteiger partial charge in [0.25, 0.3) is 0 Å². The molecule has 1 saturated heterocycles. The molecule has 102 valence electrons. The SMILES string of the molecule is CCCCCOC1CCN([C@@H](C)C(C)C)CC1. The highest BCUT2D eigenvalue weighted by atomic mass is 16.5. The van der Waals surface area contributed by atoms with Gasteiger partial charge in [0.15, 0.2) is 0 Å². The van der Waals surface area contributed by atoms with Crippen molar-refractivity contribution in [2.24, 2.45) is 5.92 Å². The van der Waals surface area contributed by atoms with Gasteiger partial charge in [0.1, 0.15) is 0 Å². The van der Waals surface area contributed by atoms with E-state index in [0.29, 0.717) is 6.10 Å². The molecular formula is C15H31NO. The van der Waals surface area contributed by atoms with Gasteiger partial charge in [-0.1, -0.05) is 33.6 Å². The lowest BCUT2D eigenvalue weighted by molar-refractivity contribution is -0.00603. The van der Waals surface area contributed by atoms with Gasteiger partial charge in [-0.15, -0.1) is 0 Å². The second kappa shape index (κ2) is 8.10. The number of hydrogen-bond donors (Lipinski definition) is 0. The number of rotatable bonds is 7. The zero-order chi connectivity index (χ0) is 12.7. The van der Waals surface area contributed by atoms with Crippen molar-refractivity contribution in [1.29, 1.82) is 0 Å². The summed E-state index contributed by atoms with van der Waals surface area (Å²) in [5, 5.41) is 0. The Labute approximate surface area is 108 Å². The quantitative estimate of drug-likeness (QED) is 0.630. The first-order valence-electron chi connectivity index (χ1n) is 7.50. The largest absolute Gasteiger partial charge is 0.378 e. The Balaban J connectivity index is 2.13. The van der Waals surface area contributed by atoms with Gasteiger partial charge >= 0.3 is 0 Å². The Morgan fingerprint density at radius 3 is 2.29 bits per heavy atom. The lowest BCUT2D eigenvalue weighted by Crippen LogP contribution is -2.44. The number of unbranched alkanes of at least 4 members (excludes halogenated alkanes) is 2. The molecule has 2 heteroatoms. The Morgan fingerprint density at radius 2 is 1.76 bits per heavy atom. The molecule has 1 aliphatic rings. The second-order valence-electron chi connectivity index (χ2n) is 5.80. The van der Waals surface area contributed by atoms with Gasteiger partial charge in [-0.25, -0.2) is 0 Å². The minimum absolute atomic E-state index is 0.530. The summed E-state index contributed by atoms with van der Waals surface area (Å²) in [5.74, 6) is 0.761. The van der Waals surface area contributed by atoms with Gasteiger partial charge in [0.05, 0.1) is 6.10 Å². The van der Waals surface area contributed by atoms with Crippen LogP contribution in [-0.4, -0.2) is 36.7 Å². The molecule has 0 amide bonds. The fraction of sp³-hybridized carbons (Fsp3) is 1.00. The standard InChI is InChI=1S/C15H31NO/c1-5-6-7-12-17-15-8-10-16(11-9-15)14(4)13(2)3/h13-15H,5-12H2,1-4H3/t14-/m0/s1. The van der Waals surface area contributed by atoms with Crippen molar-refractivity contribution in [1.82, 2.24) is 4.90 Å². The van der Waals surface area contributed by atoms with Crippen molar-refractivity contribution in [3.05, 3.63) is 0 Å². The average Bonchev–Trinajstić information content (AvgIpc) is 2.34. The molecule has 0 N–H and O–H groups in total. The van der Waals surface area contributed by atoms with E-state index in [9.17, 15) is 0 Å². The lowest BCUT2D eigenvalue weighted by atomic mass is 10.00. The predicted octanol–water partition coefficient (Wildman–Crippen LogP) is 3.70. The number of hydrogen-bond acceptors (Lipinski definition) is 2. The highest BCUT2D eigenvalue weighted by Crippen LogP contribution is 2.19. The van der Waals surface area contributed by atoms with E-state index < -0.39 is 0 Å². The van der Waals surface area contributed by atoms with Gasteiger partial charge < -0.3 is 9.64 Å². The number of piperidine rings is 1. The molecule has 0 saturated carbocycles. The molecule has 1 atom stereocenters. The monoisotopic (exact) mass is 241 g/mol. The molecule has 1 rings (SSSR count). The molecule has 0 radical (unpaired) electrons. The Morgan fingerprint density at radius 1 is 1.12 bits per heavy atom. The van der Waals surface area contributed by atoms with Crippen molar-refractivity contribution in [3.63, 3.8) is 0 Å². The first kappa shape index (κ1) is 15.0. The topological polar surface area (TPSA) is 12.5 Å². The van der Waals surface area contributed by atoms with Crippen molar-refractivity contribution < 1.29 is 4.74 Å². The third-order valence-electron chi connectivity index (χ3n) is 4.12. The van der Waals surface area contributed by atoms with Crippen LogP contribution in [-0.2, 0) is 4.74 Å². The summed E-state index contributed by atoms with van der Waals surface area (Å²) in [6, 6.07) is 0.719. The fourth-order valence-corrected chi connectivity index (χ4v) is 2.47. The van der Waals surface area contributed by atoms with E-state index in [-0.39, 0.29) is 0 Å². The molecule has 0 aliphatic carbocycles. The maximum absolute atomic E-state index is 5.95. The van der Waals surface area contributed by atoms with E-state index in [1.807, 2.05) is 0 Å². The molecule has 0 bridgehead atoms. The van der Waals surface area contributed by atoms with E-state index >= 15 is 0 Å². The van der Waals surface area contributed by atoms with Crippen LogP contribution in [0, 0.1) is 5.92 Å². The minimum atomic E-state index is 0.530. The third kappa shape index (κ3) is 5.39. The third-order valence-corrected chi connectivity index (χ3v) is 4.12. The maximum Gasteiger partial charge on any atom is 0.0599 e. The summed E-state index contributed by atoms with van der Waals surface area (Å²) in [5.41, 5.74) is 0. The predicted molar refractivity (Wildman–Crippen MR) is 74.4 cm³/mol. The molecule has 1 fully saturated rings. The van der Waals surface area contributed by atoms with E-state index in [1.165, 1.54) is 45.2 Å². The molecule has 2 nitrogen and oxygen atoms in total. The summed E-state index contributed by atoms with van der Waals surface area (Å²) >= 11 is 0. The summed E-state index contributed by atoms with van der Waals surface area (Å²) in [6.45, 7) is 12.6. The van der Waals surface area contributed by atoms with Crippen molar-refractivity contribution in [2.45, 2.75) is 71.9 Å². The van der Waals surface area contributed by atoms with Gasteiger partial charge in [-0.2, -0.15) is 0 Å². The molecular weight excluding hydrogens is 210 g/mol. The van der Waals surface area contributed by atoms with E-state index in [2.05, 4.69) is 32.6 Å². The summed E-state index contributed by atoms with van der Waals surface area (Å²) in [4.78, 5) is 2.62. The van der Waals surface area contributed by atoms with Crippen LogP contribution in [0.1, 0.15) is 59.8 Å². The van der Waals surface area contributed by atoms with Gasteiger partial charge in [0.2, 0.25) is 0 Å². The smallest absolute Gasteiger partial charge is 0.0599 e. The van der Waals surface area contributed by atoms with Crippen LogP contribution in [0.15, 0.2) is 0 Å². The van der Waals surface area contributed by atoms with E-state index in [4.69, 9.17) is 4.74 Å². The number of ether oxygens (including phenoxy) is 1. The normalized spacial score (nSPS) is 21.0. The molecule has 0 spiro atoms. The van der Waals surface area contributed by atoms with Gasteiger partial charge in [0, 0.05) is 25.7 Å². The minimum Gasteiger partial charge on any atom is -0.378 e. The number of likely N-dealkylation sites (tertiary alicyclic amines) is 1. The summed E-state index contributed by atoms with van der Waals surface area (Å²) in [7, 11) is 0. The zero-order valence-corrected chi connectivity index (χ0v) is 12.2. The van der Waals surface area contributed by atoms with Crippen LogP contribution in [0.4, 0.5) is 0 Å². The van der Waals surface area contributed by atoms with Crippen LogP contribution in [0.25, 0.3) is 0 Å². The highest BCUT2D eigenvalue weighted by Gasteiger charge is 2.24. The van der Waals surface area contributed by atoms with Gasteiger partial charge in [-0.05, 0) is 32.1 Å². The van der Waals surface area contributed by atoms with Crippen LogP contribution < -0.4 is 0 Å². The molecule has 1 heterocycles. The summed E-state index contributed by atoms with van der Waals surface area (Å²) < 4.78 is 5.95. The van der Waals surface area contributed by atoms with E-state index in [0.717, 1.165) is 18.6 Å². The van der Waals surface area contributed by atoms with Crippen LogP contribution in [0.3, 0.4) is 0 Å². The fourth-order valence-electron chi connectivity index (χ4n) is 2.47. The average molecular weight is 241 g/mol. The van der Waals surface area contributed by atoms with Crippen LogP contribution in [0.2, 0.25) is 0 Å². The van der Waals surface area contributed by atoms with Crippen LogP contribution >= 0.6 is 0 Å². The van der Waals surface area contributed by atoms with Crippen LogP contribution in [0.5, 0.6) is 0 Å². The first-order chi connectivity index (χ1) is 8.15. The first-order valence-corrected chi connectivity index (χ1v) is 7.50. The van der Waals surface area contributed by atoms with E-state index in [1.54, 1.807) is 0 Å². The van der Waals surface area contributed by atoms with Crippen molar-refractivity contribution >= 4 is 0 Å². The second-order valence-corrected chi connectivity index (χ2v) is 5.80.